The van der Waals surface area contributed by atoms with Crippen LogP contribution in [-0.4, -0.2) is 80.3 Å². The van der Waals surface area contributed by atoms with Gasteiger partial charge in [-0.25, -0.2) is 13.5 Å². The van der Waals surface area contributed by atoms with E-state index in [0.29, 0.717) is 18.8 Å². The minimum Gasteiger partial charge on any atom is -0.383 e. The van der Waals surface area contributed by atoms with Gasteiger partial charge in [-0.1, -0.05) is 5.21 Å². The van der Waals surface area contributed by atoms with Crippen molar-refractivity contribution in [2.75, 3.05) is 26.8 Å². The van der Waals surface area contributed by atoms with Crippen molar-refractivity contribution in [2.24, 2.45) is 7.05 Å². The number of carbonyl (C=O) groups excluding carboxylic acids is 2. The van der Waals surface area contributed by atoms with Crippen molar-refractivity contribution in [3.8, 4) is 0 Å². The maximum Gasteiger partial charge on any atom is 0.273 e. The van der Waals surface area contributed by atoms with E-state index in [2.05, 4.69) is 20.7 Å². The summed E-state index contributed by atoms with van der Waals surface area (Å²) in [6.45, 7) is 1.70. The van der Waals surface area contributed by atoms with Gasteiger partial charge >= 0.3 is 0 Å². The smallest absolute Gasteiger partial charge is 0.273 e. The van der Waals surface area contributed by atoms with Gasteiger partial charge in [0, 0.05) is 27.1 Å². The first kappa shape index (κ1) is 20.8. The molecule has 1 aliphatic rings. The lowest BCUT2D eigenvalue weighted by molar-refractivity contribution is 0.0116. The number of methoxy groups -OCH3 is 1. The van der Waals surface area contributed by atoms with Crippen LogP contribution in [0.4, 0.5) is 8.78 Å². The van der Waals surface area contributed by atoms with Gasteiger partial charge in [-0.05, 0) is 13.0 Å². The fourth-order valence-corrected chi connectivity index (χ4v) is 3.32. The van der Waals surface area contributed by atoms with Crippen molar-refractivity contribution in [1.82, 2.24) is 35.0 Å². The molecule has 0 unspecified atom stereocenters. The fraction of sp³-hybridized carbons (Fsp3) is 0.588. The first-order chi connectivity index (χ1) is 13.7. The lowest BCUT2D eigenvalue weighted by Crippen LogP contribution is -2.39. The average Bonchev–Trinajstić information content (AvgIpc) is 3.32. The van der Waals surface area contributed by atoms with Gasteiger partial charge in [-0.2, -0.15) is 5.10 Å². The number of alkyl halides is 2. The minimum absolute atomic E-state index is 0.00346. The number of rotatable bonds is 7. The van der Waals surface area contributed by atoms with Gasteiger partial charge < -0.3 is 15.0 Å². The molecule has 0 spiro atoms. The first-order valence-electron chi connectivity index (χ1n) is 9.07. The molecule has 1 fully saturated rings. The number of aryl methyl sites for hydroxylation is 2. The molecule has 29 heavy (non-hydrogen) atoms. The van der Waals surface area contributed by atoms with Crippen molar-refractivity contribution in [3.05, 3.63) is 29.3 Å². The normalized spacial score (nSPS) is 18.2. The number of aromatic nitrogens is 5. The van der Waals surface area contributed by atoms with Crippen LogP contribution in [0, 0.1) is 6.92 Å². The van der Waals surface area contributed by atoms with E-state index in [1.807, 2.05) is 0 Å². The molecule has 10 nitrogen and oxygen atoms in total. The molecule has 1 N–H and O–H groups in total. The molecule has 2 aromatic rings. The van der Waals surface area contributed by atoms with Gasteiger partial charge in [0.15, 0.2) is 5.69 Å². The van der Waals surface area contributed by atoms with E-state index in [1.165, 1.54) is 22.7 Å². The van der Waals surface area contributed by atoms with Crippen LogP contribution in [0.2, 0.25) is 0 Å². The van der Waals surface area contributed by atoms with Crippen LogP contribution in [0.3, 0.4) is 0 Å². The number of hydrogen-bond acceptors (Lipinski definition) is 6. The lowest BCUT2D eigenvalue weighted by Gasteiger charge is -2.23. The molecular formula is C17H23F2N7O3. The minimum atomic E-state index is -3.01. The highest BCUT2D eigenvalue weighted by molar-refractivity contribution is 5.93. The predicted molar refractivity (Wildman–Crippen MR) is 96.6 cm³/mol. The summed E-state index contributed by atoms with van der Waals surface area (Å²) in [5.41, 5.74) is 0.923. The van der Waals surface area contributed by atoms with Crippen LogP contribution < -0.4 is 5.32 Å². The van der Waals surface area contributed by atoms with Crippen LogP contribution in [-0.2, 0) is 18.3 Å². The van der Waals surface area contributed by atoms with E-state index >= 15 is 0 Å². The number of halogens is 2. The number of amides is 2. The number of hydrogen-bond donors (Lipinski definition) is 1. The molecule has 1 atom stereocenters. The number of carbonyl (C=O) groups is 2. The van der Waals surface area contributed by atoms with Gasteiger partial charge in [0.05, 0.1) is 37.6 Å². The first-order valence-corrected chi connectivity index (χ1v) is 9.07. The molecule has 0 bridgehead atoms. The van der Waals surface area contributed by atoms with Crippen molar-refractivity contribution in [2.45, 2.75) is 31.9 Å². The average molecular weight is 411 g/mol. The zero-order valence-corrected chi connectivity index (χ0v) is 16.4. The van der Waals surface area contributed by atoms with E-state index in [1.54, 1.807) is 20.0 Å². The highest BCUT2D eigenvalue weighted by Gasteiger charge is 2.47. The molecule has 1 aliphatic heterocycles. The van der Waals surface area contributed by atoms with Crippen LogP contribution in [0.1, 0.15) is 33.1 Å². The van der Waals surface area contributed by atoms with E-state index in [9.17, 15) is 18.4 Å². The van der Waals surface area contributed by atoms with Crippen LogP contribution >= 0.6 is 0 Å². The zero-order valence-electron chi connectivity index (χ0n) is 16.4. The summed E-state index contributed by atoms with van der Waals surface area (Å²) < 4.78 is 35.7. The van der Waals surface area contributed by atoms with Crippen molar-refractivity contribution in [3.63, 3.8) is 0 Å². The van der Waals surface area contributed by atoms with E-state index in [-0.39, 0.29) is 17.9 Å². The Morgan fingerprint density at radius 3 is 2.83 bits per heavy atom. The van der Waals surface area contributed by atoms with Gasteiger partial charge in [0.2, 0.25) is 0 Å². The Hall–Kier alpha value is -2.89. The summed E-state index contributed by atoms with van der Waals surface area (Å²) in [7, 11) is 3.11. The highest BCUT2D eigenvalue weighted by atomic mass is 19.3. The molecular weight excluding hydrogens is 388 g/mol. The van der Waals surface area contributed by atoms with E-state index in [4.69, 9.17) is 4.74 Å². The maximum atomic E-state index is 14.1. The summed E-state index contributed by atoms with van der Waals surface area (Å²) >= 11 is 0. The standard InChI is InChI=1S/C17H23F2N7O3/c1-11-6-14(24(2)22-11)16(28)26-10-17(18,19)7-12(26)8-25-9-13(21-23-25)15(27)20-4-5-29-3/h6,9,12H,4-5,7-8,10H2,1-3H3,(H,20,27)/t12-/m0/s1. The molecule has 1 saturated heterocycles. The number of likely N-dealkylation sites (tertiary alicyclic amines) is 1. The Kier molecular flexibility index (Phi) is 5.91. The summed E-state index contributed by atoms with van der Waals surface area (Å²) in [5, 5.41) is 14.3. The lowest BCUT2D eigenvalue weighted by atomic mass is 10.2. The third-order valence-electron chi connectivity index (χ3n) is 4.62. The van der Waals surface area contributed by atoms with Crippen molar-refractivity contribution < 1.29 is 23.1 Å². The van der Waals surface area contributed by atoms with Gasteiger partial charge in [-0.3, -0.25) is 14.3 Å². The Morgan fingerprint density at radius 2 is 2.17 bits per heavy atom. The molecule has 2 amide bonds. The Balaban J connectivity index is 1.72. The molecule has 0 radical (unpaired) electrons. The van der Waals surface area contributed by atoms with Crippen molar-refractivity contribution >= 4 is 11.8 Å². The second-order valence-corrected chi connectivity index (χ2v) is 7.02. The molecule has 0 aromatic carbocycles. The molecule has 2 aromatic heterocycles. The summed E-state index contributed by atoms with van der Waals surface area (Å²) in [6.07, 6.45) is 0.875. The second-order valence-electron chi connectivity index (χ2n) is 7.02. The molecule has 12 heteroatoms. The third-order valence-corrected chi connectivity index (χ3v) is 4.62. The van der Waals surface area contributed by atoms with Crippen LogP contribution in [0.5, 0.6) is 0 Å². The van der Waals surface area contributed by atoms with Crippen LogP contribution in [0.15, 0.2) is 12.3 Å². The number of nitrogens with zero attached hydrogens (tertiary/aromatic N) is 6. The van der Waals surface area contributed by atoms with E-state index < -0.39 is 36.7 Å². The summed E-state index contributed by atoms with van der Waals surface area (Å²) in [6, 6.07) is 0.771. The molecule has 0 aliphatic carbocycles. The number of nitrogens with one attached hydrogen (secondary N) is 1. The summed E-state index contributed by atoms with van der Waals surface area (Å²) in [4.78, 5) is 26.0. The molecule has 3 heterocycles. The van der Waals surface area contributed by atoms with Crippen LogP contribution in [0.25, 0.3) is 0 Å². The van der Waals surface area contributed by atoms with E-state index in [0.717, 1.165) is 4.90 Å². The third kappa shape index (κ3) is 4.75. The quantitative estimate of drug-likeness (QED) is 0.655. The molecule has 3 rings (SSSR count). The topological polar surface area (TPSA) is 107 Å². The molecule has 158 valence electrons. The molecule has 0 saturated carbocycles. The summed E-state index contributed by atoms with van der Waals surface area (Å²) in [5.74, 6) is -3.97. The largest absolute Gasteiger partial charge is 0.383 e. The fourth-order valence-electron chi connectivity index (χ4n) is 3.32. The monoisotopic (exact) mass is 411 g/mol. The van der Waals surface area contributed by atoms with Gasteiger partial charge in [0.1, 0.15) is 5.69 Å². The van der Waals surface area contributed by atoms with Crippen molar-refractivity contribution in [1.29, 1.82) is 0 Å². The second kappa shape index (κ2) is 8.23. The maximum absolute atomic E-state index is 14.1. The Bertz CT molecular complexity index is 895. The zero-order chi connectivity index (χ0) is 21.2. The Morgan fingerprint density at radius 1 is 1.41 bits per heavy atom. The highest BCUT2D eigenvalue weighted by Crippen LogP contribution is 2.33. The number of ether oxygens (including phenoxy) is 1. The van der Waals surface area contributed by atoms with Gasteiger partial charge in [-0.15, -0.1) is 5.10 Å². The SMILES string of the molecule is COCCNC(=O)c1cn(C[C@@H]2CC(F)(F)CN2C(=O)c2cc(C)nn2C)nn1. The van der Waals surface area contributed by atoms with Gasteiger partial charge in [0.25, 0.3) is 17.7 Å². The predicted octanol–water partition coefficient (Wildman–Crippen LogP) is 0.246. The Labute approximate surface area is 165 Å².